The monoisotopic (exact) mass is 482 g/mol. The van der Waals surface area contributed by atoms with Gasteiger partial charge in [0.05, 0.1) is 5.52 Å². The van der Waals surface area contributed by atoms with E-state index in [0.29, 0.717) is 43.4 Å². The third-order valence-electron chi connectivity index (χ3n) is 5.00. The van der Waals surface area contributed by atoms with E-state index in [2.05, 4.69) is 25.6 Å². The van der Waals surface area contributed by atoms with Gasteiger partial charge in [-0.05, 0) is 30.7 Å². The van der Waals surface area contributed by atoms with E-state index in [1.165, 1.54) is 0 Å². The average Bonchev–Trinajstić information content (AvgIpc) is 2.78. The molecular weight excluding hydrogens is 461 g/mol. The standard InChI is InChI=1S/C21H22ClF3N6S/c22-14-2-3-15-16(4-7-27-17(15)12-14)26-5-1-6-28-20-29-18(21(23,24)25)13-19(30-20)31-8-10-32-11-9-31/h2-4,7,12-13H,1,5-6,8-11H2,(H,26,27)(H,28,29,30). The number of thioether (sulfide) groups is 1. The summed E-state index contributed by atoms with van der Waals surface area (Å²) < 4.78 is 40.0. The van der Waals surface area contributed by atoms with Gasteiger partial charge in [0, 0.05) is 66.0 Å². The fourth-order valence-corrected chi connectivity index (χ4v) is 4.47. The van der Waals surface area contributed by atoms with E-state index in [4.69, 9.17) is 11.6 Å². The highest BCUT2D eigenvalue weighted by Gasteiger charge is 2.34. The Hall–Kier alpha value is -2.46. The Bertz CT molecular complexity index is 1080. The van der Waals surface area contributed by atoms with Crippen molar-refractivity contribution in [3.05, 3.63) is 47.2 Å². The van der Waals surface area contributed by atoms with Gasteiger partial charge in [0.1, 0.15) is 5.82 Å². The summed E-state index contributed by atoms with van der Waals surface area (Å²) in [5.74, 6) is 2.05. The Morgan fingerprint density at radius 2 is 1.81 bits per heavy atom. The van der Waals surface area contributed by atoms with Gasteiger partial charge in [-0.15, -0.1) is 0 Å². The second kappa shape index (κ2) is 9.99. The molecule has 0 amide bonds. The highest BCUT2D eigenvalue weighted by molar-refractivity contribution is 7.99. The molecule has 1 saturated heterocycles. The molecule has 0 spiro atoms. The van der Waals surface area contributed by atoms with Crippen LogP contribution in [0.5, 0.6) is 0 Å². The van der Waals surface area contributed by atoms with Crippen molar-refractivity contribution in [1.82, 2.24) is 15.0 Å². The number of aromatic nitrogens is 3. The molecule has 4 rings (SSSR count). The molecule has 0 radical (unpaired) electrons. The molecule has 1 aliphatic rings. The summed E-state index contributed by atoms with van der Waals surface area (Å²) in [7, 11) is 0. The number of alkyl halides is 3. The summed E-state index contributed by atoms with van der Waals surface area (Å²) in [6, 6.07) is 8.42. The molecule has 3 heterocycles. The lowest BCUT2D eigenvalue weighted by Crippen LogP contribution is -2.33. The van der Waals surface area contributed by atoms with Crippen molar-refractivity contribution < 1.29 is 13.2 Å². The highest BCUT2D eigenvalue weighted by Crippen LogP contribution is 2.31. The predicted molar refractivity (Wildman–Crippen MR) is 125 cm³/mol. The maximum atomic E-state index is 13.3. The van der Waals surface area contributed by atoms with Crippen molar-refractivity contribution in [1.29, 1.82) is 0 Å². The SMILES string of the molecule is FC(F)(F)c1cc(N2CCSCC2)nc(NCCCNc2ccnc3cc(Cl)ccc23)n1. The molecule has 0 aliphatic carbocycles. The van der Waals surface area contributed by atoms with Crippen LogP contribution < -0.4 is 15.5 Å². The van der Waals surface area contributed by atoms with Crippen LogP contribution in [0.3, 0.4) is 0 Å². The zero-order valence-electron chi connectivity index (χ0n) is 17.1. The van der Waals surface area contributed by atoms with Crippen LogP contribution in [0.2, 0.25) is 5.02 Å². The van der Waals surface area contributed by atoms with Gasteiger partial charge in [0.2, 0.25) is 5.95 Å². The number of hydrogen-bond donors (Lipinski definition) is 2. The number of anilines is 3. The van der Waals surface area contributed by atoms with E-state index in [9.17, 15) is 13.2 Å². The Morgan fingerprint density at radius 1 is 1.03 bits per heavy atom. The fourth-order valence-electron chi connectivity index (χ4n) is 3.40. The molecule has 32 heavy (non-hydrogen) atoms. The van der Waals surface area contributed by atoms with Crippen LogP contribution in [-0.4, -0.2) is 52.6 Å². The van der Waals surface area contributed by atoms with Crippen molar-refractivity contribution in [2.75, 3.05) is 53.2 Å². The molecule has 1 aliphatic heterocycles. The predicted octanol–water partition coefficient (Wildman–Crippen LogP) is 5.16. The van der Waals surface area contributed by atoms with Gasteiger partial charge in [-0.25, -0.2) is 4.98 Å². The summed E-state index contributed by atoms with van der Waals surface area (Å²) in [5.41, 5.74) is 0.789. The van der Waals surface area contributed by atoms with E-state index in [1.807, 2.05) is 23.1 Å². The first-order valence-corrected chi connectivity index (χ1v) is 11.7. The number of fused-ring (bicyclic) bond motifs is 1. The van der Waals surface area contributed by atoms with Gasteiger partial charge >= 0.3 is 6.18 Å². The van der Waals surface area contributed by atoms with Crippen molar-refractivity contribution >= 4 is 51.7 Å². The number of pyridine rings is 1. The number of rotatable bonds is 7. The van der Waals surface area contributed by atoms with E-state index < -0.39 is 11.9 Å². The van der Waals surface area contributed by atoms with Crippen LogP contribution in [0, 0.1) is 0 Å². The molecule has 0 unspecified atom stereocenters. The number of hydrogen-bond acceptors (Lipinski definition) is 7. The molecular formula is C21H22ClF3N6S. The zero-order valence-corrected chi connectivity index (χ0v) is 18.7. The molecule has 1 aromatic carbocycles. The van der Waals surface area contributed by atoms with Crippen LogP contribution >= 0.6 is 23.4 Å². The van der Waals surface area contributed by atoms with Crippen LogP contribution in [0.15, 0.2) is 36.5 Å². The maximum absolute atomic E-state index is 13.3. The summed E-state index contributed by atoms with van der Waals surface area (Å²) in [4.78, 5) is 14.2. The van der Waals surface area contributed by atoms with E-state index in [-0.39, 0.29) is 5.95 Å². The molecule has 1 fully saturated rings. The van der Waals surface area contributed by atoms with Crippen LogP contribution in [0.25, 0.3) is 10.9 Å². The summed E-state index contributed by atoms with van der Waals surface area (Å²) in [6.45, 7) is 2.39. The summed E-state index contributed by atoms with van der Waals surface area (Å²) in [6.07, 6.45) is -2.16. The van der Waals surface area contributed by atoms with E-state index >= 15 is 0 Å². The Labute approximate surface area is 193 Å². The topological polar surface area (TPSA) is 66.0 Å². The normalized spacial score (nSPS) is 14.6. The van der Waals surface area contributed by atoms with Crippen molar-refractivity contribution in [3.8, 4) is 0 Å². The fraction of sp³-hybridized carbons (Fsp3) is 0.381. The van der Waals surface area contributed by atoms with Crippen LogP contribution in [0.1, 0.15) is 12.1 Å². The first-order chi connectivity index (χ1) is 15.4. The highest BCUT2D eigenvalue weighted by atomic mass is 35.5. The molecule has 6 nitrogen and oxygen atoms in total. The number of nitrogens with one attached hydrogen (secondary N) is 2. The van der Waals surface area contributed by atoms with E-state index in [1.54, 1.807) is 24.0 Å². The Balaban J connectivity index is 1.37. The van der Waals surface area contributed by atoms with Crippen LogP contribution in [-0.2, 0) is 6.18 Å². The Morgan fingerprint density at radius 3 is 2.59 bits per heavy atom. The van der Waals surface area contributed by atoms with Crippen molar-refractivity contribution in [2.45, 2.75) is 12.6 Å². The second-order valence-corrected chi connectivity index (χ2v) is 8.92. The average molecular weight is 483 g/mol. The first kappa shape index (κ1) is 22.7. The minimum absolute atomic E-state index is 0.00273. The van der Waals surface area contributed by atoms with Gasteiger partial charge in [0.25, 0.3) is 0 Å². The third-order valence-corrected chi connectivity index (χ3v) is 6.17. The van der Waals surface area contributed by atoms with Gasteiger partial charge in [-0.1, -0.05) is 11.6 Å². The van der Waals surface area contributed by atoms with Gasteiger partial charge in [0.15, 0.2) is 5.69 Å². The van der Waals surface area contributed by atoms with Crippen molar-refractivity contribution in [2.24, 2.45) is 0 Å². The largest absolute Gasteiger partial charge is 0.433 e. The smallest absolute Gasteiger partial charge is 0.384 e. The minimum Gasteiger partial charge on any atom is -0.384 e. The van der Waals surface area contributed by atoms with Crippen molar-refractivity contribution in [3.63, 3.8) is 0 Å². The molecule has 0 bridgehead atoms. The zero-order chi connectivity index (χ0) is 22.6. The van der Waals surface area contributed by atoms with Gasteiger partial charge in [-0.3, -0.25) is 4.98 Å². The first-order valence-electron chi connectivity index (χ1n) is 10.2. The molecule has 0 atom stereocenters. The lowest BCUT2D eigenvalue weighted by Gasteiger charge is -2.28. The lowest BCUT2D eigenvalue weighted by molar-refractivity contribution is -0.141. The molecule has 2 N–H and O–H groups in total. The molecule has 2 aromatic heterocycles. The van der Waals surface area contributed by atoms with Gasteiger partial charge in [-0.2, -0.15) is 29.9 Å². The third kappa shape index (κ3) is 5.66. The molecule has 11 heteroatoms. The lowest BCUT2D eigenvalue weighted by atomic mass is 10.2. The summed E-state index contributed by atoms with van der Waals surface area (Å²) in [5, 5.41) is 7.86. The maximum Gasteiger partial charge on any atom is 0.433 e. The Kier molecular flexibility index (Phi) is 7.10. The van der Waals surface area contributed by atoms with Crippen LogP contribution in [0.4, 0.5) is 30.6 Å². The number of benzene rings is 1. The minimum atomic E-state index is -4.52. The molecule has 3 aromatic rings. The molecule has 0 saturated carbocycles. The van der Waals surface area contributed by atoms with E-state index in [0.717, 1.165) is 34.2 Å². The number of nitrogens with zero attached hydrogens (tertiary/aromatic N) is 4. The quantitative estimate of drug-likeness (QED) is 0.451. The number of halogens is 4. The second-order valence-electron chi connectivity index (χ2n) is 7.26. The molecule has 170 valence electrons. The van der Waals surface area contributed by atoms with Gasteiger partial charge < -0.3 is 15.5 Å². The summed E-state index contributed by atoms with van der Waals surface area (Å²) >= 11 is 7.81.